The van der Waals surface area contributed by atoms with Gasteiger partial charge < -0.3 is 14.8 Å². The van der Waals surface area contributed by atoms with Crippen LogP contribution < -0.4 is 10.1 Å². The summed E-state index contributed by atoms with van der Waals surface area (Å²) in [6, 6.07) is 1.84. The number of fused-ring (bicyclic) bond motifs is 1. The molecule has 19 heavy (non-hydrogen) atoms. The van der Waals surface area contributed by atoms with Crippen molar-refractivity contribution in [3.63, 3.8) is 0 Å². The summed E-state index contributed by atoms with van der Waals surface area (Å²) >= 11 is 1.41. The highest BCUT2D eigenvalue weighted by Crippen LogP contribution is 2.33. The zero-order valence-electron chi connectivity index (χ0n) is 10.5. The van der Waals surface area contributed by atoms with Gasteiger partial charge in [-0.2, -0.15) is 0 Å². The van der Waals surface area contributed by atoms with Crippen molar-refractivity contribution in [3.8, 4) is 5.75 Å². The molecule has 1 aliphatic heterocycles. The predicted octanol–water partition coefficient (Wildman–Crippen LogP) is 2.17. The third-order valence-corrected chi connectivity index (χ3v) is 4.08. The van der Waals surface area contributed by atoms with Crippen molar-refractivity contribution in [1.29, 1.82) is 0 Å². The first-order valence-corrected chi connectivity index (χ1v) is 6.97. The molecule has 1 aliphatic rings. The van der Waals surface area contributed by atoms with Gasteiger partial charge in [-0.25, -0.2) is 0 Å². The molecule has 1 atom stereocenters. The Labute approximate surface area is 114 Å². The molecule has 3 heterocycles. The molecule has 1 unspecified atom stereocenters. The van der Waals surface area contributed by atoms with Crippen molar-refractivity contribution in [1.82, 2.24) is 10.3 Å². The molecule has 3 rings (SSSR count). The molecule has 0 bridgehead atoms. The minimum Gasteiger partial charge on any atom is -0.463 e. The van der Waals surface area contributed by atoms with Crippen molar-refractivity contribution in [3.05, 3.63) is 23.3 Å². The van der Waals surface area contributed by atoms with Crippen molar-refractivity contribution < 1.29 is 14.3 Å². The second-order valence-corrected chi connectivity index (χ2v) is 5.38. The summed E-state index contributed by atoms with van der Waals surface area (Å²) in [7, 11) is 1.62. The number of rotatable bonds is 3. The van der Waals surface area contributed by atoms with Gasteiger partial charge in [-0.1, -0.05) is 0 Å². The number of thiophene rings is 1. The highest BCUT2D eigenvalue weighted by atomic mass is 32.1. The van der Waals surface area contributed by atoms with Crippen LogP contribution >= 0.6 is 11.3 Å². The Bertz CT molecular complexity index is 605. The lowest BCUT2D eigenvalue weighted by Gasteiger charge is -2.12. The third kappa shape index (κ3) is 2.41. The summed E-state index contributed by atoms with van der Waals surface area (Å²) < 4.78 is 12.2. The summed E-state index contributed by atoms with van der Waals surface area (Å²) in [4.78, 5) is 16.5. The highest BCUT2D eigenvalue weighted by molar-refractivity contribution is 7.20. The molecule has 0 aliphatic carbocycles. The fourth-order valence-electron chi connectivity index (χ4n) is 2.05. The Morgan fingerprint density at radius 2 is 2.47 bits per heavy atom. The van der Waals surface area contributed by atoms with Gasteiger partial charge in [0.25, 0.3) is 5.91 Å². The Morgan fingerprint density at radius 1 is 1.58 bits per heavy atom. The van der Waals surface area contributed by atoms with Crippen molar-refractivity contribution in [2.45, 2.75) is 19.1 Å². The molecule has 0 spiro atoms. The largest absolute Gasteiger partial charge is 0.463 e. The van der Waals surface area contributed by atoms with Crippen LogP contribution in [-0.2, 0) is 4.74 Å². The topological polar surface area (TPSA) is 60.5 Å². The van der Waals surface area contributed by atoms with Crippen molar-refractivity contribution in [2.75, 3.05) is 13.7 Å². The average Bonchev–Trinajstić information content (AvgIpc) is 3.06. The fraction of sp³-hybridized carbons (Fsp3) is 0.385. The molecule has 1 amide bonds. The van der Waals surface area contributed by atoms with Crippen LogP contribution in [0.5, 0.6) is 5.75 Å². The normalized spacial score (nSPS) is 18.7. The van der Waals surface area contributed by atoms with Crippen LogP contribution in [0.4, 0.5) is 0 Å². The number of nitrogens with zero attached hydrogens (tertiary/aromatic N) is 1. The molecule has 2 aromatic heterocycles. The van der Waals surface area contributed by atoms with Gasteiger partial charge in [0.05, 0.1) is 22.4 Å². The Kier molecular flexibility index (Phi) is 3.35. The van der Waals surface area contributed by atoms with E-state index in [-0.39, 0.29) is 12.2 Å². The van der Waals surface area contributed by atoms with E-state index in [4.69, 9.17) is 9.47 Å². The van der Waals surface area contributed by atoms with Gasteiger partial charge in [0.2, 0.25) is 0 Å². The predicted molar refractivity (Wildman–Crippen MR) is 72.6 cm³/mol. The number of hydrogen-bond donors (Lipinski definition) is 1. The Morgan fingerprint density at radius 3 is 3.21 bits per heavy atom. The summed E-state index contributed by atoms with van der Waals surface area (Å²) in [6.45, 7) is 0.737. The number of pyridine rings is 1. The van der Waals surface area contributed by atoms with Crippen LogP contribution in [0.15, 0.2) is 18.5 Å². The van der Waals surface area contributed by atoms with Crippen LogP contribution in [0.25, 0.3) is 10.1 Å². The first-order chi connectivity index (χ1) is 9.28. The Balaban J connectivity index is 1.94. The zero-order valence-corrected chi connectivity index (χ0v) is 11.3. The summed E-state index contributed by atoms with van der Waals surface area (Å²) in [5.41, 5.74) is 0. The standard InChI is InChI=1S/C13H14N2O3S/c1-14-13(16)10-5-8-9(6-15-7-11(8)19-10)18-12-3-2-4-17-12/h5-7,12H,2-4H2,1H3,(H,14,16). The lowest BCUT2D eigenvalue weighted by Crippen LogP contribution is -2.16. The van der Waals surface area contributed by atoms with Crippen molar-refractivity contribution >= 4 is 27.3 Å². The third-order valence-electron chi connectivity index (χ3n) is 3.01. The lowest BCUT2D eigenvalue weighted by atomic mass is 10.3. The number of aromatic nitrogens is 1. The number of nitrogens with one attached hydrogen (secondary N) is 1. The van der Waals surface area contributed by atoms with Gasteiger partial charge in [-0.3, -0.25) is 9.78 Å². The number of carbonyl (C=O) groups excluding carboxylic acids is 1. The van der Waals surface area contributed by atoms with Crippen LogP contribution in [0.1, 0.15) is 22.5 Å². The SMILES string of the molecule is CNC(=O)c1cc2c(OC3CCCO3)cncc2s1. The molecule has 1 saturated heterocycles. The second kappa shape index (κ2) is 5.14. The van der Waals surface area contributed by atoms with Crippen LogP contribution in [0.2, 0.25) is 0 Å². The maximum Gasteiger partial charge on any atom is 0.261 e. The van der Waals surface area contributed by atoms with E-state index in [1.165, 1.54) is 11.3 Å². The molecule has 1 fully saturated rings. The van der Waals surface area contributed by atoms with E-state index in [1.807, 2.05) is 6.07 Å². The fourth-order valence-corrected chi connectivity index (χ4v) is 3.04. The quantitative estimate of drug-likeness (QED) is 0.934. The molecule has 100 valence electrons. The maximum atomic E-state index is 11.7. The lowest BCUT2D eigenvalue weighted by molar-refractivity contribution is -0.0382. The Hall–Kier alpha value is -1.66. The smallest absolute Gasteiger partial charge is 0.261 e. The zero-order chi connectivity index (χ0) is 13.2. The van der Waals surface area contributed by atoms with Gasteiger partial charge in [0, 0.05) is 25.1 Å². The number of carbonyl (C=O) groups is 1. The van der Waals surface area contributed by atoms with Gasteiger partial charge in [-0.05, 0) is 12.5 Å². The first-order valence-electron chi connectivity index (χ1n) is 6.16. The average molecular weight is 278 g/mol. The van der Waals surface area contributed by atoms with E-state index in [9.17, 15) is 4.79 Å². The molecule has 1 N–H and O–H groups in total. The van der Waals surface area contributed by atoms with Gasteiger partial charge in [-0.15, -0.1) is 11.3 Å². The second-order valence-electron chi connectivity index (χ2n) is 4.30. The van der Waals surface area contributed by atoms with Crippen LogP contribution in [-0.4, -0.2) is 30.8 Å². The molecule has 0 aromatic carbocycles. The molecule has 0 radical (unpaired) electrons. The van der Waals surface area contributed by atoms with Gasteiger partial charge >= 0.3 is 0 Å². The van der Waals surface area contributed by atoms with Gasteiger partial charge in [0.1, 0.15) is 5.75 Å². The molecule has 6 heteroatoms. The molecule has 5 nitrogen and oxygen atoms in total. The van der Waals surface area contributed by atoms with E-state index >= 15 is 0 Å². The summed E-state index contributed by atoms with van der Waals surface area (Å²) in [5, 5.41) is 3.53. The maximum absolute atomic E-state index is 11.7. The molecule has 0 saturated carbocycles. The van der Waals surface area contributed by atoms with Crippen molar-refractivity contribution in [2.24, 2.45) is 0 Å². The minimum atomic E-state index is -0.198. The molecule has 2 aromatic rings. The van der Waals surface area contributed by atoms with E-state index in [2.05, 4.69) is 10.3 Å². The number of hydrogen-bond acceptors (Lipinski definition) is 5. The van der Waals surface area contributed by atoms with E-state index in [0.717, 1.165) is 29.5 Å². The molecular weight excluding hydrogens is 264 g/mol. The summed E-state index contributed by atoms with van der Waals surface area (Å²) in [6.07, 6.45) is 5.12. The molecular formula is C13H14N2O3S. The number of ether oxygens (including phenoxy) is 2. The first kappa shape index (κ1) is 12.4. The van der Waals surface area contributed by atoms with E-state index in [0.29, 0.717) is 10.6 Å². The highest BCUT2D eigenvalue weighted by Gasteiger charge is 2.19. The van der Waals surface area contributed by atoms with Crippen LogP contribution in [0, 0.1) is 0 Å². The minimum absolute atomic E-state index is 0.0933. The van der Waals surface area contributed by atoms with Crippen LogP contribution in [0.3, 0.4) is 0 Å². The van der Waals surface area contributed by atoms with E-state index < -0.39 is 0 Å². The number of amides is 1. The summed E-state index contributed by atoms with van der Waals surface area (Å²) in [5.74, 6) is 0.583. The van der Waals surface area contributed by atoms with E-state index in [1.54, 1.807) is 19.4 Å². The van der Waals surface area contributed by atoms with Gasteiger partial charge in [0.15, 0.2) is 6.29 Å². The monoisotopic (exact) mass is 278 g/mol.